The van der Waals surface area contributed by atoms with E-state index in [1.54, 1.807) is 12.1 Å². The van der Waals surface area contributed by atoms with E-state index in [-0.39, 0.29) is 56.1 Å². The van der Waals surface area contributed by atoms with E-state index >= 15 is 0 Å². The summed E-state index contributed by atoms with van der Waals surface area (Å²) in [6.45, 7) is 1.08. The number of para-hydroxylation sites is 1. The second kappa shape index (κ2) is 10.9. The van der Waals surface area contributed by atoms with Gasteiger partial charge in [-0.05, 0) is 12.1 Å². The Kier molecular flexibility index (Phi) is 14.2. The summed E-state index contributed by atoms with van der Waals surface area (Å²) >= 11 is 0. The van der Waals surface area contributed by atoms with Crippen molar-refractivity contribution in [1.82, 2.24) is 0 Å². The molecule has 5 nitrogen and oxygen atoms in total. The van der Waals surface area contributed by atoms with Gasteiger partial charge in [-0.1, -0.05) is 12.1 Å². The molecule has 0 atom stereocenters. The molecule has 0 aliphatic rings. The van der Waals surface area contributed by atoms with Crippen molar-refractivity contribution < 1.29 is 69.7 Å². The molecule has 7 heteroatoms. The fraction of sp³-hybridized carbons (Fsp3) is 0.111. The molecule has 0 aliphatic carbocycles. The zero-order valence-electron chi connectivity index (χ0n) is 8.07. The number of hydrogen-bond donors (Lipinski definition) is 3. The molecule has 0 aromatic heterocycles. The zero-order chi connectivity index (χ0) is 11.1. The van der Waals surface area contributed by atoms with Crippen LogP contribution in [0.5, 0.6) is 5.75 Å². The number of aliphatic carboxylic acids is 1. The molecule has 0 bridgehead atoms. The average molecular weight is 414 g/mol. The third kappa shape index (κ3) is 9.98. The molecule has 0 saturated carbocycles. The first-order valence-electron chi connectivity index (χ1n) is 3.66. The molecule has 98 valence electrons. The summed E-state index contributed by atoms with van der Waals surface area (Å²) in [5.41, 5.74) is -0.0671. The number of benzene rings is 1. The van der Waals surface area contributed by atoms with Gasteiger partial charge in [0.05, 0.1) is 0 Å². The first kappa shape index (κ1) is 20.8. The first-order valence-corrected chi connectivity index (χ1v) is 3.66. The van der Waals surface area contributed by atoms with Crippen LogP contribution >= 0.6 is 0 Å². The molecule has 1 rings (SSSR count). The van der Waals surface area contributed by atoms with Crippen LogP contribution in [0, 0.1) is 0 Å². The largest absolute Gasteiger partial charge is 0.507 e. The van der Waals surface area contributed by atoms with E-state index in [1.807, 2.05) is 0 Å². The Balaban J connectivity index is -0.000000249. The summed E-state index contributed by atoms with van der Waals surface area (Å²) < 4.78 is 0. The van der Waals surface area contributed by atoms with Gasteiger partial charge in [-0.25, -0.2) is 4.79 Å². The summed E-state index contributed by atoms with van der Waals surface area (Å²) in [4.78, 5) is 19.3. The number of hydrogen-bond acceptors (Lipinski definition) is 3. The van der Waals surface area contributed by atoms with Crippen LogP contribution in [0.1, 0.15) is 17.3 Å². The Bertz CT molecular complexity index is 336. The van der Waals surface area contributed by atoms with Gasteiger partial charge in [0.2, 0.25) is 0 Å². The molecular formula is C9H10Ag2O5. The minimum atomic E-state index is -1.11. The number of carboxylic acid groups (broad SMARTS) is 2. The van der Waals surface area contributed by atoms with Crippen molar-refractivity contribution in [2.75, 3.05) is 0 Å². The van der Waals surface area contributed by atoms with Gasteiger partial charge in [-0.15, -0.1) is 0 Å². The summed E-state index contributed by atoms with van der Waals surface area (Å²) in [5.74, 6) is -2.15. The Labute approximate surface area is 124 Å². The summed E-state index contributed by atoms with van der Waals surface area (Å²) in [5, 5.41) is 24.7. The van der Waals surface area contributed by atoms with Crippen molar-refractivity contribution in [3.05, 3.63) is 29.8 Å². The zero-order valence-corrected chi connectivity index (χ0v) is 11.0. The summed E-state index contributed by atoms with van der Waals surface area (Å²) in [6, 6.07) is 5.81. The summed E-state index contributed by atoms with van der Waals surface area (Å²) in [6.07, 6.45) is 0. The van der Waals surface area contributed by atoms with Gasteiger partial charge in [0, 0.05) is 51.7 Å². The molecule has 16 heavy (non-hydrogen) atoms. The average Bonchev–Trinajstić information content (AvgIpc) is 2.03. The molecule has 1 aromatic rings. The van der Waals surface area contributed by atoms with Crippen LogP contribution in [0.2, 0.25) is 0 Å². The second-order valence-electron chi connectivity index (χ2n) is 2.34. The van der Waals surface area contributed by atoms with Crippen molar-refractivity contribution in [2.24, 2.45) is 0 Å². The van der Waals surface area contributed by atoms with E-state index in [0.29, 0.717) is 0 Å². The van der Waals surface area contributed by atoms with Crippen molar-refractivity contribution in [3.8, 4) is 5.75 Å². The first-order chi connectivity index (χ1) is 6.45. The molecule has 0 spiro atoms. The van der Waals surface area contributed by atoms with E-state index in [9.17, 15) is 4.79 Å². The van der Waals surface area contributed by atoms with Gasteiger partial charge >= 0.3 is 5.97 Å². The van der Waals surface area contributed by atoms with Gasteiger partial charge in [-0.3, -0.25) is 4.79 Å². The molecule has 3 N–H and O–H groups in total. The van der Waals surface area contributed by atoms with E-state index < -0.39 is 11.9 Å². The van der Waals surface area contributed by atoms with Gasteiger partial charge < -0.3 is 15.3 Å². The maximum atomic E-state index is 10.3. The van der Waals surface area contributed by atoms with E-state index in [1.165, 1.54) is 12.1 Å². The topological polar surface area (TPSA) is 94.8 Å². The van der Waals surface area contributed by atoms with Crippen LogP contribution in [0.3, 0.4) is 0 Å². The molecule has 0 unspecified atom stereocenters. The fourth-order valence-electron chi connectivity index (χ4n) is 0.654. The Morgan fingerprint density at radius 1 is 1.06 bits per heavy atom. The molecule has 0 saturated heterocycles. The van der Waals surface area contributed by atoms with Gasteiger partial charge in [0.25, 0.3) is 5.97 Å². The van der Waals surface area contributed by atoms with Crippen LogP contribution in [-0.2, 0) is 49.6 Å². The SMILES string of the molecule is CC(=O)O.O=C(O)c1ccccc1O.[Ag].[Ag]. The molecule has 0 amide bonds. The van der Waals surface area contributed by atoms with Crippen LogP contribution in [0.4, 0.5) is 0 Å². The standard InChI is InChI=1S/C7H6O3.C2H4O2.2Ag/c8-6-4-2-1-3-5(6)7(9)10;1-2(3)4;;/h1-4,8H,(H,9,10);1H3,(H,3,4);;. The summed E-state index contributed by atoms with van der Waals surface area (Å²) in [7, 11) is 0. The molecular weight excluding hydrogens is 404 g/mol. The molecule has 0 fully saturated rings. The van der Waals surface area contributed by atoms with Gasteiger partial charge in [0.1, 0.15) is 11.3 Å². The van der Waals surface area contributed by atoms with E-state index in [0.717, 1.165) is 6.92 Å². The van der Waals surface area contributed by atoms with Crippen LogP contribution in [0.15, 0.2) is 24.3 Å². The number of aromatic carboxylic acids is 1. The maximum Gasteiger partial charge on any atom is 0.339 e. The smallest absolute Gasteiger partial charge is 0.339 e. The molecule has 0 aliphatic heterocycles. The van der Waals surface area contributed by atoms with Gasteiger partial charge in [0.15, 0.2) is 0 Å². The number of carbonyl (C=O) groups is 2. The van der Waals surface area contributed by atoms with Crippen molar-refractivity contribution in [1.29, 1.82) is 0 Å². The molecule has 0 heterocycles. The van der Waals surface area contributed by atoms with E-state index in [2.05, 4.69) is 0 Å². The number of carboxylic acids is 2. The van der Waals surface area contributed by atoms with Crippen molar-refractivity contribution in [2.45, 2.75) is 6.92 Å². The van der Waals surface area contributed by atoms with Crippen LogP contribution in [0.25, 0.3) is 0 Å². The fourth-order valence-corrected chi connectivity index (χ4v) is 0.654. The quantitative estimate of drug-likeness (QED) is 0.601. The maximum absolute atomic E-state index is 10.3. The molecule has 2 radical (unpaired) electrons. The van der Waals surface area contributed by atoms with Crippen LogP contribution in [-0.4, -0.2) is 27.3 Å². The predicted molar refractivity (Wildman–Crippen MR) is 48.4 cm³/mol. The predicted octanol–water partition coefficient (Wildman–Crippen LogP) is 1.18. The minimum Gasteiger partial charge on any atom is -0.507 e. The Morgan fingerprint density at radius 3 is 1.69 bits per heavy atom. The number of aromatic hydroxyl groups is 1. The third-order valence-electron chi connectivity index (χ3n) is 1.13. The van der Waals surface area contributed by atoms with Crippen molar-refractivity contribution in [3.63, 3.8) is 0 Å². The second-order valence-corrected chi connectivity index (χ2v) is 2.34. The van der Waals surface area contributed by atoms with Gasteiger partial charge in [-0.2, -0.15) is 0 Å². The Hall–Kier alpha value is -0.559. The van der Waals surface area contributed by atoms with Crippen molar-refractivity contribution >= 4 is 11.9 Å². The number of rotatable bonds is 1. The Morgan fingerprint density at radius 2 is 1.44 bits per heavy atom. The number of phenols is 1. The van der Waals surface area contributed by atoms with Crippen LogP contribution < -0.4 is 0 Å². The third-order valence-corrected chi connectivity index (χ3v) is 1.13. The normalized spacial score (nSPS) is 7.31. The minimum absolute atomic E-state index is 0. The monoisotopic (exact) mass is 412 g/mol. The van der Waals surface area contributed by atoms with E-state index in [4.69, 9.17) is 20.1 Å². The molecule has 1 aromatic carbocycles.